The van der Waals surface area contributed by atoms with Crippen molar-refractivity contribution >= 4 is 11.6 Å². The Labute approximate surface area is 78.5 Å². The predicted octanol–water partition coefficient (Wildman–Crippen LogP) is 3.52. The van der Waals surface area contributed by atoms with E-state index >= 15 is 0 Å². The molecule has 0 saturated carbocycles. The molecule has 1 unspecified atom stereocenters. The Bertz CT molecular complexity index is 278. The van der Waals surface area contributed by atoms with Gasteiger partial charge < -0.3 is 5.11 Å². The van der Waals surface area contributed by atoms with Crippen molar-refractivity contribution in [2.24, 2.45) is 5.92 Å². The first kappa shape index (κ1) is 10.4. The molecule has 0 aromatic heterocycles. The van der Waals surface area contributed by atoms with Crippen LogP contribution in [0.4, 0.5) is 13.2 Å². The molecule has 0 spiro atoms. The number of aliphatic hydroxyl groups is 1. The second-order valence-corrected chi connectivity index (χ2v) is 3.36. The Balaban J connectivity index is 3.15. The molecule has 1 atom stereocenters. The summed E-state index contributed by atoms with van der Waals surface area (Å²) < 4.78 is 36.9. The topological polar surface area (TPSA) is 20.2 Å². The van der Waals surface area contributed by atoms with Crippen LogP contribution in [-0.2, 0) is 0 Å². The Morgan fingerprint density at radius 3 is 2.46 bits per heavy atom. The van der Waals surface area contributed by atoms with E-state index in [1.54, 1.807) is 0 Å². The van der Waals surface area contributed by atoms with Crippen molar-refractivity contribution in [1.82, 2.24) is 0 Å². The van der Waals surface area contributed by atoms with Crippen LogP contribution in [0, 0.1) is 5.92 Å². The number of rotatable bonds is 0. The summed E-state index contributed by atoms with van der Waals surface area (Å²) in [5, 5.41) is 8.89. The Morgan fingerprint density at radius 1 is 1.54 bits per heavy atom. The van der Waals surface area contributed by atoms with Crippen LogP contribution >= 0.6 is 11.6 Å². The van der Waals surface area contributed by atoms with Gasteiger partial charge in [0.25, 0.3) is 0 Å². The van der Waals surface area contributed by atoms with Crippen molar-refractivity contribution in [3.8, 4) is 0 Å². The lowest BCUT2D eigenvalue weighted by Gasteiger charge is -2.22. The van der Waals surface area contributed by atoms with E-state index in [-0.39, 0.29) is 11.5 Å². The van der Waals surface area contributed by atoms with E-state index < -0.39 is 23.4 Å². The Morgan fingerprint density at radius 2 is 2.08 bits per heavy atom. The third-order valence-corrected chi connectivity index (χ3v) is 2.26. The van der Waals surface area contributed by atoms with Crippen molar-refractivity contribution in [2.75, 3.05) is 0 Å². The van der Waals surface area contributed by atoms with E-state index in [0.29, 0.717) is 0 Å². The van der Waals surface area contributed by atoms with Gasteiger partial charge in [0.1, 0.15) is 5.76 Å². The summed E-state index contributed by atoms with van der Waals surface area (Å²) >= 11 is 5.39. The molecule has 0 bridgehead atoms. The monoisotopic (exact) mass is 212 g/mol. The molecule has 1 aliphatic rings. The molecule has 0 heterocycles. The zero-order valence-electron chi connectivity index (χ0n) is 6.82. The number of alkyl halides is 3. The molecule has 13 heavy (non-hydrogen) atoms. The van der Waals surface area contributed by atoms with E-state index in [4.69, 9.17) is 16.7 Å². The maximum Gasteiger partial charge on any atom is 0.416 e. The molecular weight excluding hydrogens is 205 g/mol. The van der Waals surface area contributed by atoms with Crippen molar-refractivity contribution < 1.29 is 18.3 Å². The fourth-order valence-corrected chi connectivity index (χ4v) is 1.46. The van der Waals surface area contributed by atoms with Gasteiger partial charge in [0.05, 0.1) is 10.6 Å². The number of hydrogen-bond acceptors (Lipinski definition) is 1. The fraction of sp³-hybridized carbons (Fsp3) is 0.500. The molecule has 0 fully saturated rings. The van der Waals surface area contributed by atoms with Gasteiger partial charge >= 0.3 is 6.18 Å². The van der Waals surface area contributed by atoms with Gasteiger partial charge in [0, 0.05) is 0 Å². The maximum atomic E-state index is 12.3. The molecule has 1 N–H and O–H groups in total. The third-order valence-electron chi connectivity index (χ3n) is 1.93. The smallest absolute Gasteiger partial charge is 0.416 e. The summed E-state index contributed by atoms with van der Waals surface area (Å²) in [4.78, 5) is 0. The van der Waals surface area contributed by atoms with E-state index in [9.17, 15) is 13.2 Å². The molecule has 1 nitrogen and oxygen atoms in total. The first-order valence-electron chi connectivity index (χ1n) is 3.70. The highest BCUT2D eigenvalue weighted by Gasteiger charge is 2.41. The van der Waals surface area contributed by atoms with Crippen LogP contribution in [0.1, 0.15) is 13.3 Å². The molecule has 0 aliphatic heterocycles. The van der Waals surface area contributed by atoms with Gasteiger partial charge in [-0.3, -0.25) is 0 Å². The first-order valence-corrected chi connectivity index (χ1v) is 4.08. The average Bonchev–Trinajstić information content (AvgIpc) is 1.95. The molecule has 0 amide bonds. The maximum absolute atomic E-state index is 12.3. The highest BCUT2D eigenvalue weighted by molar-refractivity contribution is 6.31. The molecule has 1 rings (SSSR count). The van der Waals surface area contributed by atoms with Gasteiger partial charge in [0.15, 0.2) is 0 Å². The van der Waals surface area contributed by atoms with Gasteiger partial charge in [-0.15, -0.1) is 0 Å². The summed E-state index contributed by atoms with van der Waals surface area (Å²) in [6.45, 7) is 1.40. The number of allylic oxidation sites excluding steroid dienone is 3. The zero-order chi connectivity index (χ0) is 10.2. The standard InChI is InChI=1S/C8H8ClF3O/c1-4-2-3-5(9)7(13)6(4)8(10,11)12/h3-4,13H,2H2,1H3. The summed E-state index contributed by atoms with van der Waals surface area (Å²) in [5.41, 5.74) is -0.931. The Kier molecular flexibility index (Phi) is 2.61. The minimum Gasteiger partial charge on any atom is -0.506 e. The highest BCUT2D eigenvalue weighted by atomic mass is 35.5. The molecule has 5 heteroatoms. The third kappa shape index (κ3) is 1.99. The molecule has 1 aliphatic carbocycles. The lowest BCUT2D eigenvalue weighted by atomic mass is 9.91. The minimum atomic E-state index is -4.50. The Hall–Kier alpha value is -0.640. The summed E-state index contributed by atoms with van der Waals surface area (Å²) in [5.74, 6) is -1.57. The molecule has 0 aromatic carbocycles. The molecule has 0 radical (unpaired) electrons. The second-order valence-electron chi connectivity index (χ2n) is 2.95. The van der Waals surface area contributed by atoms with Crippen LogP contribution in [0.25, 0.3) is 0 Å². The van der Waals surface area contributed by atoms with Crippen LogP contribution < -0.4 is 0 Å². The van der Waals surface area contributed by atoms with Gasteiger partial charge in [-0.2, -0.15) is 13.2 Å². The molecule has 0 aromatic rings. The fourth-order valence-electron chi connectivity index (χ4n) is 1.27. The van der Waals surface area contributed by atoms with Crippen LogP contribution in [0.2, 0.25) is 0 Å². The predicted molar refractivity (Wildman–Crippen MR) is 43.4 cm³/mol. The molecular formula is C8H8ClF3O. The average molecular weight is 213 g/mol. The van der Waals surface area contributed by atoms with Crippen LogP contribution in [-0.4, -0.2) is 11.3 Å². The van der Waals surface area contributed by atoms with Crippen LogP contribution in [0.3, 0.4) is 0 Å². The zero-order valence-corrected chi connectivity index (χ0v) is 7.58. The number of halogens is 4. The lowest BCUT2D eigenvalue weighted by Crippen LogP contribution is -2.22. The van der Waals surface area contributed by atoms with E-state index in [1.807, 2.05) is 0 Å². The van der Waals surface area contributed by atoms with E-state index in [0.717, 1.165) is 0 Å². The molecule has 0 saturated heterocycles. The largest absolute Gasteiger partial charge is 0.506 e. The normalized spacial score (nSPS) is 24.7. The van der Waals surface area contributed by atoms with Crippen molar-refractivity contribution in [2.45, 2.75) is 19.5 Å². The second kappa shape index (κ2) is 3.25. The van der Waals surface area contributed by atoms with Gasteiger partial charge in [-0.25, -0.2) is 0 Å². The summed E-state index contributed by atoms with van der Waals surface area (Å²) in [6, 6.07) is 0. The minimum absolute atomic E-state index is 0.206. The molecule has 74 valence electrons. The van der Waals surface area contributed by atoms with Crippen LogP contribution in [0.15, 0.2) is 22.4 Å². The SMILES string of the molecule is CC1CC=C(Cl)C(O)=C1C(F)(F)F. The van der Waals surface area contributed by atoms with E-state index in [1.165, 1.54) is 13.0 Å². The lowest BCUT2D eigenvalue weighted by molar-refractivity contribution is -0.101. The van der Waals surface area contributed by atoms with Crippen molar-refractivity contribution in [1.29, 1.82) is 0 Å². The van der Waals surface area contributed by atoms with Gasteiger partial charge in [-0.1, -0.05) is 24.6 Å². The van der Waals surface area contributed by atoms with E-state index in [2.05, 4.69) is 0 Å². The first-order chi connectivity index (χ1) is 5.84. The van der Waals surface area contributed by atoms with Crippen molar-refractivity contribution in [3.05, 3.63) is 22.4 Å². The number of hydrogen-bond donors (Lipinski definition) is 1. The van der Waals surface area contributed by atoms with Gasteiger partial charge in [-0.05, 0) is 12.3 Å². The number of aliphatic hydroxyl groups excluding tert-OH is 1. The highest BCUT2D eigenvalue weighted by Crippen LogP contribution is 2.40. The summed E-state index contributed by atoms with van der Waals surface area (Å²) in [6.07, 6.45) is -2.91. The van der Waals surface area contributed by atoms with Gasteiger partial charge in [0.2, 0.25) is 0 Å². The van der Waals surface area contributed by atoms with Crippen molar-refractivity contribution in [3.63, 3.8) is 0 Å². The van der Waals surface area contributed by atoms with Crippen LogP contribution in [0.5, 0.6) is 0 Å². The summed E-state index contributed by atoms with van der Waals surface area (Å²) in [7, 11) is 0. The quantitative estimate of drug-likeness (QED) is 0.651.